The summed E-state index contributed by atoms with van der Waals surface area (Å²) < 4.78 is 25.1. The maximum absolute atomic E-state index is 12.6. The predicted molar refractivity (Wildman–Crippen MR) is 91.2 cm³/mol. The van der Waals surface area contributed by atoms with Crippen LogP contribution in [0.3, 0.4) is 0 Å². The SMILES string of the molecule is CCS(=O)(=O)C1CSCCN1C1(CN)CC(C)CCC1C. The summed E-state index contributed by atoms with van der Waals surface area (Å²) >= 11 is 1.76. The second-order valence-corrected chi connectivity index (χ2v) is 10.4. The molecule has 2 N–H and O–H groups in total. The van der Waals surface area contributed by atoms with Crippen LogP contribution in [0.2, 0.25) is 0 Å². The van der Waals surface area contributed by atoms with Gasteiger partial charge < -0.3 is 5.73 Å². The topological polar surface area (TPSA) is 63.4 Å². The number of nitrogens with two attached hydrogens (primary N) is 1. The van der Waals surface area contributed by atoms with Crippen molar-refractivity contribution in [3.8, 4) is 0 Å². The van der Waals surface area contributed by atoms with Gasteiger partial charge in [-0.15, -0.1) is 0 Å². The molecule has 0 radical (unpaired) electrons. The lowest BCUT2D eigenvalue weighted by Gasteiger charge is -2.55. The number of hydrogen-bond donors (Lipinski definition) is 1. The maximum atomic E-state index is 12.6. The number of hydrogen-bond acceptors (Lipinski definition) is 5. The Hall–Kier alpha value is 0.220. The van der Waals surface area contributed by atoms with Gasteiger partial charge in [-0.1, -0.05) is 27.2 Å². The molecule has 0 aromatic heterocycles. The summed E-state index contributed by atoms with van der Waals surface area (Å²) in [6.07, 6.45) is 3.42. The fourth-order valence-electron chi connectivity index (χ4n) is 4.09. The molecule has 1 aliphatic carbocycles. The third-order valence-electron chi connectivity index (χ3n) is 5.54. The monoisotopic (exact) mass is 334 g/mol. The van der Waals surface area contributed by atoms with Gasteiger partial charge >= 0.3 is 0 Å². The van der Waals surface area contributed by atoms with Crippen LogP contribution in [0, 0.1) is 11.8 Å². The van der Waals surface area contributed by atoms with Gasteiger partial charge in [0.15, 0.2) is 9.84 Å². The fraction of sp³-hybridized carbons (Fsp3) is 1.00. The molecule has 1 aliphatic heterocycles. The van der Waals surface area contributed by atoms with Gasteiger partial charge in [0.25, 0.3) is 0 Å². The van der Waals surface area contributed by atoms with Crippen molar-refractivity contribution in [3.05, 3.63) is 0 Å². The smallest absolute Gasteiger partial charge is 0.166 e. The Labute approximate surface area is 134 Å². The molecule has 2 fully saturated rings. The van der Waals surface area contributed by atoms with Crippen molar-refractivity contribution in [2.45, 2.75) is 50.9 Å². The first kappa shape index (κ1) is 17.6. The second-order valence-electron chi connectivity index (χ2n) is 6.77. The van der Waals surface area contributed by atoms with Crippen LogP contribution in [-0.4, -0.2) is 54.6 Å². The lowest BCUT2D eigenvalue weighted by atomic mass is 9.68. The molecule has 21 heavy (non-hydrogen) atoms. The van der Waals surface area contributed by atoms with Gasteiger partial charge in [-0.05, 0) is 24.7 Å². The zero-order chi connectivity index (χ0) is 15.7. The fourth-order valence-corrected chi connectivity index (χ4v) is 7.17. The van der Waals surface area contributed by atoms with E-state index in [0.29, 0.717) is 24.1 Å². The van der Waals surface area contributed by atoms with E-state index >= 15 is 0 Å². The summed E-state index contributed by atoms with van der Waals surface area (Å²) in [7, 11) is -3.06. The third-order valence-corrected chi connectivity index (χ3v) is 8.83. The van der Waals surface area contributed by atoms with Crippen LogP contribution in [0.4, 0.5) is 0 Å². The van der Waals surface area contributed by atoms with Crippen LogP contribution in [0.15, 0.2) is 0 Å². The van der Waals surface area contributed by atoms with E-state index in [9.17, 15) is 8.42 Å². The normalized spacial score (nSPS) is 39.3. The minimum atomic E-state index is -3.06. The molecule has 1 saturated carbocycles. The Morgan fingerprint density at radius 1 is 1.33 bits per heavy atom. The van der Waals surface area contributed by atoms with Gasteiger partial charge in [-0.25, -0.2) is 8.42 Å². The van der Waals surface area contributed by atoms with Gasteiger partial charge in [0.05, 0.1) is 0 Å². The Morgan fingerprint density at radius 2 is 2.05 bits per heavy atom. The van der Waals surface area contributed by atoms with E-state index in [0.717, 1.165) is 25.1 Å². The molecule has 124 valence electrons. The van der Waals surface area contributed by atoms with E-state index < -0.39 is 9.84 Å². The zero-order valence-electron chi connectivity index (χ0n) is 13.5. The van der Waals surface area contributed by atoms with Crippen LogP contribution in [0.25, 0.3) is 0 Å². The molecule has 1 saturated heterocycles. The van der Waals surface area contributed by atoms with Crippen molar-refractivity contribution in [3.63, 3.8) is 0 Å². The van der Waals surface area contributed by atoms with Crippen molar-refractivity contribution in [2.24, 2.45) is 17.6 Å². The molecule has 6 heteroatoms. The summed E-state index contributed by atoms with van der Waals surface area (Å²) in [6, 6.07) is 0. The predicted octanol–water partition coefficient (Wildman–Crippen LogP) is 1.95. The molecule has 0 spiro atoms. The molecule has 0 bridgehead atoms. The summed E-state index contributed by atoms with van der Waals surface area (Å²) in [6.45, 7) is 7.71. The number of sulfone groups is 1. The Kier molecular flexibility index (Phi) is 5.66. The van der Waals surface area contributed by atoms with Crippen molar-refractivity contribution in [1.82, 2.24) is 4.90 Å². The lowest BCUT2D eigenvalue weighted by Crippen LogP contribution is -2.66. The molecule has 2 rings (SSSR count). The van der Waals surface area contributed by atoms with Gasteiger partial charge in [0.2, 0.25) is 0 Å². The number of thioether (sulfide) groups is 1. The summed E-state index contributed by atoms with van der Waals surface area (Å²) in [4.78, 5) is 2.28. The first-order chi connectivity index (χ1) is 9.87. The summed E-state index contributed by atoms with van der Waals surface area (Å²) in [5.41, 5.74) is 6.09. The average Bonchev–Trinajstić information content (AvgIpc) is 2.50. The van der Waals surface area contributed by atoms with Crippen LogP contribution in [-0.2, 0) is 9.84 Å². The van der Waals surface area contributed by atoms with Gasteiger partial charge in [0, 0.05) is 35.9 Å². The third kappa shape index (κ3) is 3.28. The molecule has 1 heterocycles. The van der Waals surface area contributed by atoms with E-state index in [4.69, 9.17) is 5.73 Å². The Morgan fingerprint density at radius 3 is 2.67 bits per heavy atom. The van der Waals surface area contributed by atoms with Crippen LogP contribution >= 0.6 is 11.8 Å². The van der Waals surface area contributed by atoms with E-state index in [2.05, 4.69) is 18.7 Å². The van der Waals surface area contributed by atoms with Gasteiger partial charge in [-0.3, -0.25) is 4.90 Å². The Balaban J connectivity index is 2.37. The molecule has 0 amide bonds. The minimum Gasteiger partial charge on any atom is -0.329 e. The lowest BCUT2D eigenvalue weighted by molar-refractivity contribution is -0.00701. The highest BCUT2D eigenvalue weighted by molar-refractivity contribution is 8.01. The van der Waals surface area contributed by atoms with Crippen molar-refractivity contribution in [1.29, 1.82) is 0 Å². The van der Waals surface area contributed by atoms with Gasteiger partial charge in [0.1, 0.15) is 5.37 Å². The highest BCUT2D eigenvalue weighted by Gasteiger charge is 2.49. The average molecular weight is 335 g/mol. The maximum Gasteiger partial charge on any atom is 0.166 e. The van der Waals surface area contributed by atoms with E-state index in [1.807, 2.05) is 0 Å². The van der Waals surface area contributed by atoms with Crippen LogP contribution in [0.5, 0.6) is 0 Å². The van der Waals surface area contributed by atoms with E-state index in [1.165, 1.54) is 6.42 Å². The highest BCUT2D eigenvalue weighted by atomic mass is 32.2. The van der Waals surface area contributed by atoms with Crippen molar-refractivity contribution in [2.75, 3.05) is 30.3 Å². The zero-order valence-corrected chi connectivity index (χ0v) is 15.2. The summed E-state index contributed by atoms with van der Waals surface area (Å²) in [5, 5.41) is -0.349. The van der Waals surface area contributed by atoms with Crippen molar-refractivity contribution >= 4 is 21.6 Å². The molecule has 4 nitrogen and oxygen atoms in total. The second kappa shape index (κ2) is 6.77. The number of rotatable bonds is 4. The molecule has 0 aromatic rings. The Bertz CT molecular complexity index is 455. The van der Waals surface area contributed by atoms with E-state index in [1.54, 1.807) is 18.7 Å². The largest absolute Gasteiger partial charge is 0.329 e. The minimum absolute atomic E-state index is 0.133. The quantitative estimate of drug-likeness (QED) is 0.851. The molecule has 4 atom stereocenters. The van der Waals surface area contributed by atoms with Crippen LogP contribution < -0.4 is 5.73 Å². The number of nitrogens with zero attached hydrogens (tertiary/aromatic N) is 1. The van der Waals surface area contributed by atoms with Crippen molar-refractivity contribution < 1.29 is 8.42 Å². The molecular formula is C15H30N2O2S2. The van der Waals surface area contributed by atoms with Gasteiger partial charge in [-0.2, -0.15) is 11.8 Å². The molecule has 0 aromatic carbocycles. The van der Waals surface area contributed by atoms with Crippen LogP contribution in [0.1, 0.15) is 40.0 Å². The molecular weight excluding hydrogens is 304 g/mol. The van der Waals surface area contributed by atoms with E-state index in [-0.39, 0.29) is 16.7 Å². The first-order valence-electron chi connectivity index (χ1n) is 8.13. The summed E-state index contributed by atoms with van der Waals surface area (Å²) in [5.74, 6) is 3.03. The first-order valence-corrected chi connectivity index (χ1v) is 11.0. The molecule has 2 aliphatic rings. The standard InChI is InChI=1S/C15H30N2O2S2/c1-4-21(18,19)14-10-20-8-7-17(14)15(11-16)9-12(2)5-6-13(15)3/h12-14H,4-11,16H2,1-3H3. The molecule has 4 unspecified atom stereocenters. The highest BCUT2D eigenvalue weighted by Crippen LogP contribution is 2.43.